The van der Waals surface area contributed by atoms with Crippen molar-refractivity contribution in [2.24, 2.45) is 0 Å². The number of anilines is 2. The van der Waals surface area contributed by atoms with Gasteiger partial charge in [-0.3, -0.25) is 9.59 Å². The number of benzene rings is 3. The fraction of sp³-hybridized carbons (Fsp3) is 0.310. The molecule has 1 saturated heterocycles. The molecule has 1 aliphatic heterocycles. The highest BCUT2D eigenvalue weighted by molar-refractivity contribution is 6.31. The van der Waals surface area contributed by atoms with Crippen LogP contribution in [-0.4, -0.2) is 63.2 Å². The van der Waals surface area contributed by atoms with E-state index in [9.17, 15) is 9.59 Å². The van der Waals surface area contributed by atoms with Crippen LogP contribution in [0.25, 0.3) is 0 Å². The molecular weight excluding hydrogens is 506 g/mol. The predicted molar refractivity (Wildman–Crippen MR) is 149 cm³/mol. The largest absolute Gasteiger partial charge is 0.496 e. The van der Waals surface area contributed by atoms with Crippen LogP contribution in [0.5, 0.6) is 17.2 Å². The van der Waals surface area contributed by atoms with E-state index in [1.807, 2.05) is 43.0 Å². The van der Waals surface area contributed by atoms with Crippen molar-refractivity contribution in [2.75, 3.05) is 56.7 Å². The van der Waals surface area contributed by atoms with Crippen molar-refractivity contribution in [3.05, 3.63) is 76.8 Å². The molecular formula is C29H32ClN3O5. The average Bonchev–Trinajstić information content (AvgIpc) is 2.93. The lowest BCUT2D eigenvalue weighted by Crippen LogP contribution is -2.48. The van der Waals surface area contributed by atoms with Crippen LogP contribution in [0.15, 0.2) is 60.7 Å². The molecule has 0 bridgehead atoms. The van der Waals surface area contributed by atoms with Crippen LogP contribution in [0.2, 0.25) is 5.02 Å². The molecule has 0 atom stereocenters. The number of amides is 2. The van der Waals surface area contributed by atoms with E-state index < -0.39 is 0 Å². The number of rotatable bonds is 9. The zero-order chi connectivity index (χ0) is 27.1. The number of ether oxygens (including phenoxy) is 3. The molecule has 0 aromatic heterocycles. The lowest BCUT2D eigenvalue weighted by molar-refractivity contribution is 0.0743. The first kappa shape index (κ1) is 27.1. The number of nitrogens with zero attached hydrogens (tertiary/aromatic N) is 2. The molecule has 4 rings (SSSR count). The highest BCUT2D eigenvalue weighted by Crippen LogP contribution is 2.27. The van der Waals surface area contributed by atoms with Crippen molar-refractivity contribution in [1.29, 1.82) is 0 Å². The smallest absolute Gasteiger partial charge is 0.257 e. The molecule has 8 nitrogen and oxygen atoms in total. The van der Waals surface area contributed by atoms with Gasteiger partial charge in [-0.25, -0.2) is 0 Å². The van der Waals surface area contributed by atoms with Crippen LogP contribution >= 0.6 is 11.6 Å². The molecule has 9 heteroatoms. The van der Waals surface area contributed by atoms with Gasteiger partial charge in [0, 0.05) is 54.2 Å². The minimum Gasteiger partial charge on any atom is -0.496 e. The molecule has 0 radical (unpaired) electrons. The molecule has 0 unspecified atom stereocenters. The number of nitrogens with one attached hydrogen (secondary N) is 1. The van der Waals surface area contributed by atoms with E-state index in [4.69, 9.17) is 25.8 Å². The van der Waals surface area contributed by atoms with Crippen molar-refractivity contribution in [1.82, 2.24) is 4.90 Å². The molecule has 0 spiro atoms. The predicted octanol–water partition coefficient (Wildman–Crippen LogP) is 5.36. The minimum absolute atomic E-state index is 0.0945. The van der Waals surface area contributed by atoms with Gasteiger partial charge in [0.15, 0.2) is 0 Å². The Labute approximate surface area is 228 Å². The van der Waals surface area contributed by atoms with Crippen LogP contribution < -0.4 is 24.4 Å². The second-order valence-corrected chi connectivity index (χ2v) is 9.12. The van der Waals surface area contributed by atoms with Crippen LogP contribution in [0, 0.1) is 0 Å². The number of carbonyl (C=O) groups is 2. The second-order valence-electron chi connectivity index (χ2n) is 8.68. The fourth-order valence-electron chi connectivity index (χ4n) is 4.35. The van der Waals surface area contributed by atoms with Crippen molar-refractivity contribution in [3.63, 3.8) is 0 Å². The number of methoxy groups -OCH3 is 1. The molecule has 1 N–H and O–H groups in total. The summed E-state index contributed by atoms with van der Waals surface area (Å²) in [5.74, 6) is 1.35. The third kappa shape index (κ3) is 6.50. The van der Waals surface area contributed by atoms with Crippen molar-refractivity contribution in [3.8, 4) is 17.2 Å². The molecule has 3 aromatic rings. The number of hydrogen-bond acceptors (Lipinski definition) is 6. The third-order valence-electron chi connectivity index (χ3n) is 6.21. The molecule has 1 fully saturated rings. The summed E-state index contributed by atoms with van der Waals surface area (Å²) in [5.41, 5.74) is 2.63. The maximum absolute atomic E-state index is 13.1. The molecule has 2 amide bonds. The van der Waals surface area contributed by atoms with Gasteiger partial charge in [0.25, 0.3) is 11.8 Å². The first-order valence-corrected chi connectivity index (χ1v) is 13.0. The van der Waals surface area contributed by atoms with Crippen LogP contribution in [-0.2, 0) is 0 Å². The Hall–Kier alpha value is -3.91. The third-order valence-corrected chi connectivity index (χ3v) is 6.45. The van der Waals surface area contributed by atoms with E-state index in [1.54, 1.807) is 43.5 Å². The highest BCUT2D eigenvalue weighted by Gasteiger charge is 2.25. The van der Waals surface area contributed by atoms with Crippen LogP contribution in [0.1, 0.15) is 34.6 Å². The summed E-state index contributed by atoms with van der Waals surface area (Å²) in [6.45, 7) is 7.29. The number of hydrogen-bond donors (Lipinski definition) is 1. The Morgan fingerprint density at radius 1 is 0.868 bits per heavy atom. The Morgan fingerprint density at radius 2 is 1.50 bits per heavy atom. The van der Waals surface area contributed by atoms with E-state index in [1.165, 1.54) is 0 Å². The van der Waals surface area contributed by atoms with Gasteiger partial charge in [-0.05, 0) is 68.4 Å². The summed E-state index contributed by atoms with van der Waals surface area (Å²) < 4.78 is 16.5. The van der Waals surface area contributed by atoms with Crippen molar-refractivity contribution < 1.29 is 23.8 Å². The van der Waals surface area contributed by atoms with E-state index >= 15 is 0 Å². The van der Waals surface area contributed by atoms with E-state index in [0.717, 1.165) is 5.69 Å². The van der Waals surface area contributed by atoms with E-state index in [0.29, 0.717) is 78.5 Å². The lowest BCUT2D eigenvalue weighted by Gasteiger charge is -2.36. The van der Waals surface area contributed by atoms with Crippen LogP contribution in [0.3, 0.4) is 0 Å². The molecule has 0 saturated carbocycles. The summed E-state index contributed by atoms with van der Waals surface area (Å²) in [6.07, 6.45) is 0. The van der Waals surface area contributed by atoms with Gasteiger partial charge < -0.3 is 29.3 Å². The van der Waals surface area contributed by atoms with Gasteiger partial charge in [0.05, 0.1) is 25.9 Å². The maximum Gasteiger partial charge on any atom is 0.257 e. The summed E-state index contributed by atoms with van der Waals surface area (Å²) in [4.78, 5) is 30.0. The topological polar surface area (TPSA) is 80.3 Å². The van der Waals surface area contributed by atoms with Gasteiger partial charge in [0.2, 0.25) is 0 Å². The fourth-order valence-corrected chi connectivity index (χ4v) is 4.52. The van der Waals surface area contributed by atoms with Gasteiger partial charge in [-0.15, -0.1) is 0 Å². The first-order chi connectivity index (χ1) is 18.4. The molecule has 0 aliphatic carbocycles. The normalized spacial score (nSPS) is 13.2. The van der Waals surface area contributed by atoms with E-state index in [2.05, 4.69) is 10.2 Å². The average molecular weight is 538 g/mol. The molecule has 1 heterocycles. The first-order valence-electron chi connectivity index (χ1n) is 12.6. The quantitative estimate of drug-likeness (QED) is 0.396. The van der Waals surface area contributed by atoms with Crippen LogP contribution in [0.4, 0.5) is 11.4 Å². The monoisotopic (exact) mass is 537 g/mol. The minimum atomic E-state index is -0.246. The standard InChI is InChI=1S/C29H32ClN3O5/c1-4-37-24-16-20(17-25(19-24)38-5-2)28(34)31-22-7-9-23(10-8-22)32-12-14-33(15-13-32)29(35)26-18-21(30)6-11-27(26)36-3/h6-11,16-19H,4-5,12-15H2,1-3H3,(H,31,34). The number of piperazine rings is 1. The Balaban J connectivity index is 1.37. The van der Waals surface area contributed by atoms with Gasteiger partial charge in [0.1, 0.15) is 17.2 Å². The van der Waals surface area contributed by atoms with Crippen molar-refractivity contribution >= 4 is 34.8 Å². The second kappa shape index (κ2) is 12.6. The lowest BCUT2D eigenvalue weighted by atomic mass is 10.1. The highest BCUT2D eigenvalue weighted by atomic mass is 35.5. The SMILES string of the molecule is CCOc1cc(OCC)cc(C(=O)Nc2ccc(N3CCN(C(=O)c4cc(Cl)ccc4OC)CC3)cc2)c1. The molecule has 1 aliphatic rings. The zero-order valence-electron chi connectivity index (χ0n) is 21.8. The van der Waals surface area contributed by atoms with Gasteiger partial charge in [-0.2, -0.15) is 0 Å². The molecule has 200 valence electrons. The molecule has 3 aromatic carbocycles. The van der Waals surface area contributed by atoms with Gasteiger partial charge >= 0.3 is 0 Å². The number of carbonyl (C=O) groups excluding carboxylic acids is 2. The zero-order valence-corrected chi connectivity index (χ0v) is 22.6. The Bertz CT molecular complexity index is 1250. The summed E-state index contributed by atoms with van der Waals surface area (Å²) >= 11 is 6.11. The van der Waals surface area contributed by atoms with Crippen molar-refractivity contribution in [2.45, 2.75) is 13.8 Å². The van der Waals surface area contributed by atoms with Gasteiger partial charge in [-0.1, -0.05) is 11.6 Å². The Kier molecular flexibility index (Phi) is 8.97. The summed E-state index contributed by atoms with van der Waals surface area (Å²) in [6, 6.07) is 17.9. The summed E-state index contributed by atoms with van der Waals surface area (Å²) in [7, 11) is 1.54. The number of halogens is 1. The maximum atomic E-state index is 13.1. The van der Waals surface area contributed by atoms with E-state index in [-0.39, 0.29) is 11.8 Å². The summed E-state index contributed by atoms with van der Waals surface area (Å²) in [5, 5.41) is 3.44. The molecule has 38 heavy (non-hydrogen) atoms. The Morgan fingerprint density at radius 3 is 2.08 bits per heavy atom.